The van der Waals surface area contributed by atoms with Crippen molar-refractivity contribution in [2.24, 2.45) is 0 Å². The van der Waals surface area contributed by atoms with Crippen LogP contribution in [0.5, 0.6) is 0 Å². The molecular weight excluding hydrogens is 463 g/mol. The van der Waals surface area contributed by atoms with Gasteiger partial charge in [-0.25, -0.2) is 18.2 Å². The Morgan fingerprint density at radius 2 is 1.89 bits per heavy atom. The quantitative estimate of drug-likeness (QED) is 0.499. The van der Waals surface area contributed by atoms with E-state index < -0.39 is 58.5 Å². The van der Waals surface area contributed by atoms with Gasteiger partial charge in [0.2, 0.25) is 0 Å². The molecule has 3 aromatic rings. The van der Waals surface area contributed by atoms with Gasteiger partial charge in [-0.1, -0.05) is 13.0 Å². The minimum atomic E-state index is -1.40. The molecule has 1 aromatic carbocycles. The van der Waals surface area contributed by atoms with Gasteiger partial charge in [0, 0.05) is 18.2 Å². The van der Waals surface area contributed by atoms with Crippen molar-refractivity contribution < 1.29 is 32.9 Å². The summed E-state index contributed by atoms with van der Waals surface area (Å²) in [5.41, 5.74) is -2.25. The van der Waals surface area contributed by atoms with Crippen LogP contribution in [0.25, 0.3) is 11.3 Å². The highest BCUT2D eigenvalue weighted by Gasteiger charge is 2.47. The van der Waals surface area contributed by atoms with Crippen LogP contribution in [-0.2, 0) is 4.74 Å². The van der Waals surface area contributed by atoms with E-state index in [-0.39, 0.29) is 17.8 Å². The molecule has 1 aliphatic heterocycles. The van der Waals surface area contributed by atoms with E-state index in [0.29, 0.717) is 12.0 Å². The summed E-state index contributed by atoms with van der Waals surface area (Å²) < 4.78 is 48.7. The molecule has 4 rings (SSSR count). The molecule has 7 nitrogen and oxygen atoms in total. The van der Waals surface area contributed by atoms with E-state index in [1.165, 1.54) is 12.4 Å². The molecule has 4 atom stereocenters. The van der Waals surface area contributed by atoms with Crippen molar-refractivity contribution in [2.75, 3.05) is 5.32 Å². The molecule has 184 valence electrons. The number of rotatable bonds is 5. The zero-order chi connectivity index (χ0) is 25.3. The van der Waals surface area contributed by atoms with Crippen molar-refractivity contribution in [1.82, 2.24) is 9.97 Å². The van der Waals surface area contributed by atoms with Gasteiger partial charge in [-0.3, -0.25) is 9.78 Å². The van der Waals surface area contributed by atoms with Gasteiger partial charge in [0.05, 0.1) is 35.8 Å². The number of nitrogens with zero attached hydrogens (tertiary/aromatic N) is 2. The number of halogens is 3. The van der Waals surface area contributed by atoms with Crippen LogP contribution in [0.1, 0.15) is 48.8 Å². The predicted molar refractivity (Wildman–Crippen MR) is 121 cm³/mol. The lowest BCUT2D eigenvalue weighted by Gasteiger charge is -2.45. The van der Waals surface area contributed by atoms with Crippen LogP contribution < -0.4 is 5.32 Å². The Balaban J connectivity index is 1.62. The fourth-order valence-corrected chi connectivity index (χ4v) is 4.27. The molecule has 0 saturated carbocycles. The SMILES string of the molecule is CC[C@]1(O)[C@H](O)C[C@H](c2ccncc2NC(=O)c2ccc(F)c(-c3c(F)cccc3F)n2)O[C@@H]1C. The number of aliphatic hydroxyl groups excluding tert-OH is 1. The third-order valence-electron chi connectivity index (χ3n) is 6.38. The monoisotopic (exact) mass is 487 g/mol. The lowest BCUT2D eigenvalue weighted by molar-refractivity contribution is -0.224. The highest BCUT2D eigenvalue weighted by atomic mass is 19.1. The Kier molecular flexibility index (Phi) is 6.88. The maximum Gasteiger partial charge on any atom is 0.274 e. The zero-order valence-corrected chi connectivity index (χ0v) is 19.0. The van der Waals surface area contributed by atoms with Crippen molar-refractivity contribution in [3.05, 3.63) is 77.5 Å². The minimum Gasteiger partial charge on any atom is -0.390 e. The second-order valence-electron chi connectivity index (χ2n) is 8.40. The van der Waals surface area contributed by atoms with E-state index in [4.69, 9.17) is 4.74 Å². The molecule has 1 amide bonds. The van der Waals surface area contributed by atoms with Gasteiger partial charge in [0.25, 0.3) is 5.91 Å². The van der Waals surface area contributed by atoms with Gasteiger partial charge in [0.1, 0.15) is 34.4 Å². The van der Waals surface area contributed by atoms with Crippen molar-refractivity contribution >= 4 is 11.6 Å². The number of aliphatic hydroxyl groups is 2. The maximum absolute atomic E-state index is 14.4. The summed E-state index contributed by atoms with van der Waals surface area (Å²) >= 11 is 0. The summed E-state index contributed by atoms with van der Waals surface area (Å²) in [5.74, 6) is -3.79. The zero-order valence-electron chi connectivity index (χ0n) is 19.0. The third-order valence-corrected chi connectivity index (χ3v) is 6.38. The highest BCUT2D eigenvalue weighted by molar-refractivity contribution is 6.03. The Morgan fingerprint density at radius 1 is 1.17 bits per heavy atom. The molecule has 2 aromatic heterocycles. The largest absolute Gasteiger partial charge is 0.390 e. The van der Waals surface area contributed by atoms with Crippen LogP contribution in [0, 0.1) is 17.5 Å². The number of benzene rings is 1. The van der Waals surface area contributed by atoms with E-state index in [0.717, 1.165) is 30.3 Å². The first-order chi connectivity index (χ1) is 16.7. The number of hydrogen-bond donors (Lipinski definition) is 3. The lowest BCUT2D eigenvalue weighted by atomic mass is 9.81. The molecule has 1 fully saturated rings. The summed E-state index contributed by atoms with van der Waals surface area (Å²) in [6.45, 7) is 3.41. The Bertz CT molecular complexity index is 1220. The van der Waals surface area contributed by atoms with Crippen LogP contribution in [0.2, 0.25) is 0 Å². The number of carbonyl (C=O) groups excluding carboxylic acids is 1. The number of ether oxygens (including phenoxy) is 1. The number of hydrogen-bond acceptors (Lipinski definition) is 6. The molecule has 0 aliphatic carbocycles. The van der Waals surface area contributed by atoms with E-state index in [1.54, 1.807) is 19.9 Å². The molecular formula is C25H24F3N3O4. The Labute approximate surface area is 199 Å². The highest BCUT2D eigenvalue weighted by Crippen LogP contribution is 2.40. The smallest absolute Gasteiger partial charge is 0.274 e. The molecule has 3 N–H and O–H groups in total. The van der Waals surface area contributed by atoms with Crippen LogP contribution >= 0.6 is 0 Å². The van der Waals surface area contributed by atoms with Gasteiger partial charge in [-0.15, -0.1) is 0 Å². The van der Waals surface area contributed by atoms with E-state index in [1.807, 2.05) is 0 Å². The van der Waals surface area contributed by atoms with Crippen molar-refractivity contribution in [3.8, 4) is 11.3 Å². The Morgan fingerprint density at radius 3 is 2.54 bits per heavy atom. The van der Waals surface area contributed by atoms with Gasteiger partial charge in [-0.2, -0.15) is 0 Å². The predicted octanol–water partition coefficient (Wildman–Crippen LogP) is 4.17. The number of pyridine rings is 2. The molecule has 0 spiro atoms. The fourth-order valence-electron chi connectivity index (χ4n) is 4.27. The number of aromatic nitrogens is 2. The van der Waals surface area contributed by atoms with Crippen molar-refractivity contribution in [3.63, 3.8) is 0 Å². The molecule has 1 aliphatic rings. The first-order valence-corrected chi connectivity index (χ1v) is 11.1. The molecule has 10 heteroatoms. The lowest BCUT2D eigenvalue weighted by Crippen LogP contribution is -2.56. The molecule has 1 saturated heterocycles. The normalized spacial score (nSPS) is 24.3. The first kappa shape index (κ1) is 24.8. The van der Waals surface area contributed by atoms with Gasteiger partial charge < -0.3 is 20.3 Å². The van der Waals surface area contributed by atoms with Crippen LogP contribution in [0.3, 0.4) is 0 Å². The van der Waals surface area contributed by atoms with Gasteiger partial charge in [-0.05, 0) is 43.7 Å². The summed E-state index contributed by atoms with van der Waals surface area (Å²) in [7, 11) is 0. The maximum atomic E-state index is 14.4. The molecule has 0 bridgehead atoms. The van der Waals surface area contributed by atoms with Crippen LogP contribution in [-0.4, -0.2) is 43.9 Å². The third kappa shape index (κ3) is 4.64. The Hall–Kier alpha value is -3.34. The summed E-state index contributed by atoms with van der Waals surface area (Å²) in [5, 5.41) is 23.8. The number of carbonyl (C=O) groups is 1. The number of amides is 1. The number of anilines is 1. The molecule has 35 heavy (non-hydrogen) atoms. The van der Waals surface area contributed by atoms with Crippen LogP contribution in [0.4, 0.5) is 18.9 Å². The van der Waals surface area contributed by atoms with Crippen LogP contribution in [0.15, 0.2) is 48.8 Å². The summed E-state index contributed by atoms with van der Waals surface area (Å²) in [6, 6.07) is 6.67. The molecule has 0 unspecified atom stereocenters. The number of nitrogens with one attached hydrogen (secondary N) is 1. The average molecular weight is 487 g/mol. The average Bonchev–Trinajstić information content (AvgIpc) is 2.83. The second-order valence-corrected chi connectivity index (χ2v) is 8.40. The second kappa shape index (κ2) is 9.73. The fraction of sp³-hybridized carbons (Fsp3) is 0.320. The van der Waals surface area contributed by atoms with Crippen molar-refractivity contribution in [2.45, 2.75) is 50.6 Å². The summed E-state index contributed by atoms with van der Waals surface area (Å²) in [4.78, 5) is 20.8. The van der Waals surface area contributed by atoms with Crippen molar-refractivity contribution in [1.29, 1.82) is 0 Å². The van der Waals surface area contributed by atoms with E-state index >= 15 is 0 Å². The molecule has 0 radical (unpaired) electrons. The topological polar surface area (TPSA) is 105 Å². The first-order valence-electron chi connectivity index (χ1n) is 11.1. The summed E-state index contributed by atoms with van der Waals surface area (Å²) in [6.07, 6.45) is 0.825. The standard InChI is InChI=1S/C25H24F3N3O4/c1-3-25(34)13(2)35-20(11-21(25)32)14-9-10-29-12-19(14)31-24(33)18-8-7-17(28)23(30-18)22-15(26)5-4-6-16(22)27/h4-10,12-13,20-21,32,34H,3,11H2,1-2H3,(H,31,33)/t13-,20-,21-,25-/m1/s1. The van der Waals surface area contributed by atoms with E-state index in [2.05, 4.69) is 15.3 Å². The van der Waals surface area contributed by atoms with Gasteiger partial charge >= 0.3 is 0 Å². The van der Waals surface area contributed by atoms with E-state index in [9.17, 15) is 28.2 Å². The minimum absolute atomic E-state index is 0.0765. The molecule has 3 heterocycles. The van der Waals surface area contributed by atoms with Gasteiger partial charge in [0.15, 0.2) is 0 Å².